The van der Waals surface area contributed by atoms with Gasteiger partial charge in [-0.05, 0) is 49.4 Å². The zero-order chi connectivity index (χ0) is 22.1. The summed E-state index contributed by atoms with van der Waals surface area (Å²) < 4.78 is 7.59. The maximum Gasteiger partial charge on any atom is 0.264 e. The topological polar surface area (TPSA) is 68.5 Å². The van der Waals surface area contributed by atoms with Crippen molar-refractivity contribution in [3.8, 4) is 17.0 Å². The molecule has 160 valence electrons. The number of benzene rings is 2. The van der Waals surface area contributed by atoms with Gasteiger partial charge < -0.3 is 4.74 Å². The van der Waals surface area contributed by atoms with Gasteiger partial charge in [0.25, 0.3) is 11.9 Å². The summed E-state index contributed by atoms with van der Waals surface area (Å²) in [7, 11) is 0. The van der Waals surface area contributed by atoms with Crippen molar-refractivity contribution >= 4 is 28.2 Å². The highest BCUT2D eigenvalue weighted by atomic mass is 32.1. The highest BCUT2D eigenvalue weighted by Gasteiger charge is 2.16. The molecule has 0 spiro atoms. The molecule has 4 rings (SSSR count). The van der Waals surface area contributed by atoms with Crippen molar-refractivity contribution in [1.82, 2.24) is 14.6 Å². The molecular formula is C24H26N4O2S. The summed E-state index contributed by atoms with van der Waals surface area (Å²) in [4.78, 5) is 17.6. The summed E-state index contributed by atoms with van der Waals surface area (Å²) >= 11 is 1.49. The summed E-state index contributed by atoms with van der Waals surface area (Å²) in [6.07, 6.45) is 0. The monoisotopic (exact) mass is 434 g/mol. The largest absolute Gasteiger partial charge is 0.483 e. The van der Waals surface area contributed by atoms with Crippen LogP contribution in [-0.4, -0.2) is 27.1 Å². The number of rotatable bonds is 6. The first-order chi connectivity index (χ1) is 14.8. The average Bonchev–Trinajstić information content (AvgIpc) is 3.27. The van der Waals surface area contributed by atoms with E-state index in [0.717, 1.165) is 33.1 Å². The van der Waals surface area contributed by atoms with E-state index < -0.39 is 0 Å². The molecule has 7 heteroatoms. The Bertz CT molecular complexity index is 1260. The predicted molar refractivity (Wildman–Crippen MR) is 125 cm³/mol. The molecule has 2 aromatic carbocycles. The first-order valence-electron chi connectivity index (χ1n) is 10.3. The molecule has 0 fully saturated rings. The summed E-state index contributed by atoms with van der Waals surface area (Å²) in [6, 6.07) is 12.4. The Morgan fingerprint density at radius 2 is 1.87 bits per heavy atom. The van der Waals surface area contributed by atoms with Crippen LogP contribution in [0.15, 0.2) is 41.8 Å². The number of hydrogen-bond acceptors (Lipinski definition) is 5. The van der Waals surface area contributed by atoms with Crippen LogP contribution in [0.2, 0.25) is 0 Å². The maximum absolute atomic E-state index is 12.5. The minimum Gasteiger partial charge on any atom is -0.483 e. The molecule has 6 nitrogen and oxygen atoms in total. The van der Waals surface area contributed by atoms with E-state index in [1.807, 2.05) is 24.4 Å². The van der Waals surface area contributed by atoms with Crippen molar-refractivity contribution < 1.29 is 9.53 Å². The van der Waals surface area contributed by atoms with Crippen LogP contribution in [0.3, 0.4) is 0 Å². The van der Waals surface area contributed by atoms with Crippen LogP contribution < -0.4 is 10.1 Å². The number of hydrogen-bond donors (Lipinski definition) is 1. The zero-order valence-corrected chi connectivity index (χ0v) is 19.2. The summed E-state index contributed by atoms with van der Waals surface area (Å²) in [5, 5.41) is 9.28. The molecule has 4 aromatic rings. The van der Waals surface area contributed by atoms with Crippen LogP contribution >= 0.6 is 11.3 Å². The van der Waals surface area contributed by atoms with Gasteiger partial charge in [-0.25, -0.2) is 4.52 Å². The van der Waals surface area contributed by atoms with E-state index >= 15 is 0 Å². The predicted octanol–water partition coefficient (Wildman–Crippen LogP) is 5.52. The zero-order valence-electron chi connectivity index (χ0n) is 18.4. The van der Waals surface area contributed by atoms with Gasteiger partial charge in [0.15, 0.2) is 6.61 Å². The van der Waals surface area contributed by atoms with Crippen molar-refractivity contribution in [2.45, 2.75) is 40.5 Å². The van der Waals surface area contributed by atoms with E-state index in [2.05, 4.69) is 67.4 Å². The van der Waals surface area contributed by atoms with E-state index in [0.29, 0.717) is 5.92 Å². The molecule has 1 N–H and O–H groups in total. The number of aryl methyl sites for hydroxylation is 3. The van der Waals surface area contributed by atoms with E-state index in [9.17, 15) is 4.79 Å². The molecule has 0 aliphatic rings. The minimum absolute atomic E-state index is 0.0973. The summed E-state index contributed by atoms with van der Waals surface area (Å²) in [6.45, 7) is 10.3. The third-order valence-electron chi connectivity index (χ3n) is 5.14. The van der Waals surface area contributed by atoms with E-state index in [1.165, 1.54) is 22.5 Å². The molecule has 0 unspecified atom stereocenters. The van der Waals surface area contributed by atoms with Gasteiger partial charge in [-0.3, -0.25) is 10.1 Å². The Morgan fingerprint density at radius 1 is 1.13 bits per heavy atom. The van der Waals surface area contributed by atoms with Gasteiger partial charge in [-0.2, -0.15) is 4.98 Å². The van der Waals surface area contributed by atoms with Crippen LogP contribution in [-0.2, 0) is 4.79 Å². The van der Waals surface area contributed by atoms with Gasteiger partial charge in [-0.15, -0.1) is 16.4 Å². The smallest absolute Gasteiger partial charge is 0.264 e. The first-order valence-corrected chi connectivity index (χ1v) is 11.1. The molecule has 2 aromatic heterocycles. The fourth-order valence-electron chi connectivity index (χ4n) is 3.57. The lowest BCUT2D eigenvalue weighted by atomic mass is 10.0. The maximum atomic E-state index is 12.5. The highest BCUT2D eigenvalue weighted by molar-refractivity contribution is 7.15. The molecule has 31 heavy (non-hydrogen) atoms. The van der Waals surface area contributed by atoms with Crippen molar-refractivity contribution in [2.75, 3.05) is 11.9 Å². The third-order valence-corrected chi connectivity index (χ3v) is 5.96. The van der Waals surface area contributed by atoms with Crippen molar-refractivity contribution in [3.05, 3.63) is 64.0 Å². The SMILES string of the molecule is Cc1ccc(-c2csc3nc(NC(=O)COc4cc(C)ccc4C(C)C)nn23)c(C)c1. The number of carbonyl (C=O) groups is 1. The van der Waals surface area contributed by atoms with E-state index in [4.69, 9.17) is 4.74 Å². The molecule has 0 bridgehead atoms. The van der Waals surface area contributed by atoms with Crippen molar-refractivity contribution in [3.63, 3.8) is 0 Å². The summed E-state index contributed by atoms with van der Waals surface area (Å²) in [5.74, 6) is 1.03. The molecule has 0 atom stereocenters. The van der Waals surface area contributed by atoms with Gasteiger partial charge >= 0.3 is 0 Å². The van der Waals surface area contributed by atoms with Crippen LogP contribution in [0.1, 0.15) is 42.0 Å². The van der Waals surface area contributed by atoms with Crippen LogP contribution in [0.25, 0.3) is 16.2 Å². The van der Waals surface area contributed by atoms with Crippen LogP contribution in [0, 0.1) is 20.8 Å². The normalized spacial score (nSPS) is 11.3. The van der Waals surface area contributed by atoms with Gasteiger partial charge in [0.2, 0.25) is 4.96 Å². The Hall–Kier alpha value is -3.19. The van der Waals surface area contributed by atoms with Crippen molar-refractivity contribution in [1.29, 1.82) is 0 Å². The van der Waals surface area contributed by atoms with Gasteiger partial charge in [0, 0.05) is 10.9 Å². The second kappa shape index (κ2) is 8.51. The molecular weight excluding hydrogens is 408 g/mol. The standard InChI is InChI=1S/C24H26N4O2S/c1-14(2)18-8-6-16(4)11-21(18)30-12-22(29)25-23-26-24-28(27-23)20(13-31-24)19-9-7-15(3)10-17(19)5/h6-11,13-14H,12H2,1-5H3,(H,25,27,29). The van der Waals surface area contributed by atoms with Gasteiger partial charge in [-0.1, -0.05) is 49.7 Å². The number of fused-ring (bicyclic) bond motifs is 1. The molecule has 0 saturated carbocycles. The lowest BCUT2D eigenvalue weighted by Gasteiger charge is -2.14. The molecule has 0 radical (unpaired) electrons. The number of amides is 1. The second-order valence-electron chi connectivity index (χ2n) is 8.10. The Kier molecular flexibility index (Phi) is 5.78. The molecule has 0 aliphatic carbocycles. The number of aromatic nitrogens is 3. The number of ether oxygens (including phenoxy) is 1. The second-order valence-corrected chi connectivity index (χ2v) is 8.94. The fourth-order valence-corrected chi connectivity index (χ4v) is 4.39. The number of anilines is 1. The van der Waals surface area contributed by atoms with E-state index in [1.54, 1.807) is 4.52 Å². The van der Waals surface area contributed by atoms with Gasteiger partial charge in [0.05, 0.1) is 5.69 Å². The number of nitrogens with zero attached hydrogens (tertiary/aromatic N) is 3. The lowest BCUT2D eigenvalue weighted by molar-refractivity contribution is -0.118. The molecule has 1 amide bonds. The number of carbonyl (C=O) groups excluding carboxylic acids is 1. The van der Waals surface area contributed by atoms with Gasteiger partial charge in [0.1, 0.15) is 5.75 Å². The molecule has 0 aliphatic heterocycles. The molecule has 0 saturated heterocycles. The lowest BCUT2D eigenvalue weighted by Crippen LogP contribution is -2.21. The fraction of sp³-hybridized carbons (Fsp3) is 0.292. The molecule has 2 heterocycles. The van der Waals surface area contributed by atoms with Crippen molar-refractivity contribution in [2.24, 2.45) is 0 Å². The average molecular weight is 435 g/mol. The Morgan fingerprint density at radius 3 is 2.61 bits per heavy atom. The third kappa shape index (κ3) is 4.46. The Labute approximate surface area is 185 Å². The quantitative estimate of drug-likeness (QED) is 0.434. The summed E-state index contributed by atoms with van der Waals surface area (Å²) in [5.41, 5.74) is 6.63. The first kappa shape index (κ1) is 21.1. The van der Waals surface area contributed by atoms with E-state index in [-0.39, 0.29) is 18.5 Å². The number of thiazole rings is 1. The minimum atomic E-state index is -0.289. The highest BCUT2D eigenvalue weighted by Crippen LogP contribution is 2.29. The van der Waals surface area contributed by atoms with Crippen LogP contribution in [0.5, 0.6) is 5.75 Å². The number of nitrogens with one attached hydrogen (secondary N) is 1. The van der Waals surface area contributed by atoms with Crippen LogP contribution in [0.4, 0.5) is 5.95 Å². The Balaban J connectivity index is 1.49.